The van der Waals surface area contributed by atoms with Gasteiger partial charge in [-0.2, -0.15) is 5.26 Å². The second kappa shape index (κ2) is 3.69. The monoisotopic (exact) mass is 187 g/mol. The minimum atomic E-state index is 0.544. The number of nitriles is 1. The summed E-state index contributed by atoms with van der Waals surface area (Å²) in [6.07, 6.45) is 1.15. The largest absolute Gasteiger partial charge is 0.398 e. The van der Waals surface area contributed by atoms with Crippen molar-refractivity contribution in [3.8, 4) is 6.07 Å². The van der Waals surface area contributed by atoms with E-state index in [-0.39, 0.29) is 0 Å². The molecule has 0 amide bonds. The smallest absolute Gasteiger partial charge is 0.101 e. The third-order valence-corrected chi connectivity index (χ3v) is 2.73. The molecule has 1 aromatic carbocycles. The van der Waals surface area contributed by atoms with Crippen molar-refractivity contribution in [3.63, 3.8) is 0 Å². The van der Waals surface area contributed by atoms with Gasteiger partial charge in [0.05, 0.1) is 5.56 Å². The SMILES string of the molecule is N#Cc1cc([C@H]2CCNC2)ccc1N. The normalized spacial score (nSPS) is 20.6. The van der Waals surface area contributed by atoms with Crippen LogP contribution in [0, 0.1) is 11.3 Å². The van der Waals surface area contributed by atoms with Gasteiger partial charge in [0.1, 0.15) is 6.07 Å². The molecule has 2 rings (SSSR count). The van der Waals surface area contributed by atoms with Crippen molar-refractivity contribution in [2.45, 2.75) is 12.3 Å². The molecule has 14 heavy (non-hydrogen) atoms. The summed E-state index contributed by atoms with van der Waals surface area (Å²) >= 11 is 0. The van der Waals surface area contributed by atoms with Crippen LogP contribution in [0.1, 0.15) is 23.5 Å². The van der Waals surface area contributed by atoms with E-state index in [0.717, 1.165) is 19.5 Å². The molecule has 1 aliphatic rings. The van der Waals surface area contributed by atoms with Gasteiger partial charge in [0.25, 0.3) is 0 Å². The molecule has 3 nitrogen and oxygen atoms in total. The number of nitrogens with one attached hydrogen (secondary N) is 1. The molecular formula is C11H13N3. The molecular weight excluding hydrogens is 174 g/mol. The predicted molar refractivity (Wildman–Crippen MR) is 55.8 cm³/mol. The Labute approximate surface area is 83.5 Å². The van der Waals surface area contributed by atoms with Crippen LogP contribution in [0.2, 0.25) is 0 Å². The van der Waals surface area contributed by atoms with Gasteiger partial charge in [-0.3, -0.25) is 0 Å². The van der Waals surface area contributed by atoms with Crippen molar-refractivity contribution in [3.05, 3.63) is 29.3 Å². The lowest BCUT2D eigenvalue weighted by Gasteiger charge is -2.09. The van der Waals surface area contributed by atoms with Crippen LogP contribution in [-0.2, 0) is 0 Å². The molecule has 0 radical (unpaired) electrons. The Balaban J connectivity index is 2.31. The first kappa shape index (κ1) is 9.04. The molecule has 72 valence electrons. The lowest BCUT2D eigenvalue weighted by molar-refractivity contribution is 0.763. The maximum atomic E-state index is 8.84. The standard InChI is InChI=1S/C11H13N3/c12-6-10-5-8(1-2-11(10)13)9-3-4-14-7-9/h1-2,5,9,14H,3-4,7,13H2/t9-/m0/s1. The second-order valence-electron chi connectivity index (χ2n) is 3.65. The van der Waals surface area contributed by atoms with Crippen LogP contribution < -0.4 is 11.1 Å². The van der Waals surface area contributed by atoms with Crippen molar-refractivity contribution >= 4 is 5.69 Å². The van der Waals surface area contributed by atoms with Gasteiger partial charge in [-0.1, -0.05) is 6.07 Å². The Morgan fingerprint density at radius 1 is 1.50 bits per heavy atom. The number of nitrogens with two attached hydrogens (primary N) is 1. The zero-order chi connectivity index (χ0) is 9.97. The molecule has 3 heteroatoms. The highest BCUT2D eigenvalue weighted by molar-refractivity contribution is 5.55. The maximum Gasteiger partial charge on any atom is 0.101 e. The first-order valence-electron chi connectivity index (χ1n) is 4.81. The van der Waals surface area contributed by atoms with Gasteiger partial charge in [0, 0.05) is 12.2 Å². The van der Waals surface area contributed by atoms with Crippen molar-refractivity contribution in [1.82, 2.24) is 5.32 Å². The van der Waals surface area contributed by atoms with Gasteiger partial charge in [-0.25, -0.2) is 0 Å². The van der Waals surface area contributed by atoms with Crippen molar-refractivity contribution in [2.75, 3.05) is 18.8 Å². The minimum absolute atomic E-state index is 0.544. The Morgan fingerprint density at radius 3 is 3.00 bits per heavy atom. The van der Waals surface area contributed by atoms with Gasteiger partial charge in [-0.05, 0) is 36.6 Å². The number of hydrogen-bond donors (Lipinski definition) is 2. The summed E-state index contributed by atoms with van der Waals surface area (Å²) < 4.78 is 0. The van der Waals surface area contributed by atoms with Crippen molar-refractivity contribution < 1.29 is 0 Å². The van der Waals surface area contributed by atoms with Gasteiger partial charge >= 0.3 is 0 Å². The quantitative estimate of drug-likeness (QED) is 0.650. The summed E-state index contributed by atoms with van der Waals surface area (Å²) in [5, 5.41) is 12.1. The van der Waals surface area contributed by atoms with E-state index in [4.69, 9.17) is 11.0 Å². The van der Waals surface area contributed by atoms with Crippen LogP contribution in [0.3, 0.4) is 0 Å². The average Bonchev–Trinajstić information content (AvgIpc) is 2.71. The second-order valence-corrected chi connectivity index (χ2v) is 3.65. The van der Waals surface area contributed by atoms with E-state index in [0.29, 0.717) is 17.2 Å². The highest BCUT2D eigenvalue weighted by Gasteiger charge is 2.17. The van der Waals surface area contributed by atoms with Crippen LogP contribution in [0.5, 0.6) is 0 Å². The van der Waals surface area contributed by atoms with Gasteiger partial charge in [-0.15, -0.1) is 0 Å². The molecule has 0 bridgehead atoms. The summed E-state index contributed by atoms with van der Waals surface area (Å²) in [4.78, 5) is 0. The molecule has 1 heterocycles. The Morgan fingerprint density at radius 2 is 2.36 bits per heavy atom. The number of nitrogen functional groups attached to an aromatic ring is 1. The predicted octanol–water partition coefficient (Wildman–Crippen LogP) is 1.22. The summed E-state index contributed by atoms with van der Waals surface area (Å²) in [6.45, 7) is 2.08. The lowest BCUT2D eigenvalue weighted by Crippen LogP contribution is -2.08. The molecule has 0 spiro atoms. The first-order chi connectivity index (χ1) is 6.81. The number of anilines is 1. The molecule has 1 aromatic rings. The molecule has 1 fully saturated rings. The first-order valence-corrected chi connectivity index (χ1v) is 4.81. The number of hydrogen-bond acceptors (Lipinski definition) is 3. The van der Waals surface area contributed by atoms with Gasteiger partial charge in [0.15, 0.2) is 0 Å². The third kappa shape index (κ3) is 1.57. The topological polar surface area (TPSA) is 61.8 Å². The summed E-state index contributed by atoms with van der Waals surface area (Å²) in [7, 11) is 0. The van der Waals surface area contributed by atoms with E-state index in [1.807, 2.05) is 18.2 Å². The highest BCUT2D eigenvalue weighted by atomic mass is 14.9. The number of nitrogens with zero attached hydrogens (tertiary/aromatic N) is 1. The molecule has 1 saturated heterocycles. The number of rotatable bonds is 1. The van der Waals surface area contributed by atoms with Gasteiger partial charge < -0.3 is 11.1 Å². The van der Waals surface area contributed by atoms with Crippen LogP contribution in [0.4, 0.5) is 5.69 Å². The van der Waals surface area contributed by atoms with Crippen LogP contribution in [0.25, 0.3) is 0 Å². The zero-order valence-corrected chi connectivity index (χ0v) is 7.96. The fraction of sp³-hybridized carbons (Fsp3) is 0.364. The highest BCUT2D eigenvalue weighted by Crippen LogP contribution is 2.24. The van der Waals surface area contributed by atoms with E-state index in [2.05, 4.69) is 11.4 Å². The Kier molecular flexibility index (Phi) is 2.38. The number of benzene rings is 1. The maximum absolute atomic E-state index is 8.84. The molecule has 1 atom stereocenters. The molecule has 0 aromatic heterocycles. The summed E-state index contributed by atoms with van der Waals surface area (Å²) in [6, 6.07) is 7.87. The Hall–Kier alpha value is -1.53. The zero-order valence-electron chi connectivity index (χ0n) is 7.96. The van der Waals surface area contributed by atoms with Gasteiger partial charge in [0.2, 0.25) is 0 Å². The van der Waals surface area contributed by atoms with Crippen molar-refractivity contribution in [1.29, 1.82) is 5.26 Å². The van der Waals surface area contributed by atoms with Crippen LogP contribution >= 0.6 is 0 Å². The van der Waals surface area contributed by atoms with E-state index < -0.39 is 0 Å². The summed E-state index contributed by atoms with van der Waals surface area (Å²) in [5.41, 5.74) is 8.05. The fourth-order valence-corrected chi connectivity index (χ4v) is 1.86. The summed E-state index contributed by atoms with van der Waals surface area (Å²) in [5.74, 6) is 0.544. The fourth-order valence-electron chi connectivity index (χ4n) is 1.86. The van der Waals surface area contributed by atoms with Crippen molar-refractivity contribution in [2.24, 2.45) is 0 Å². The van der Waals surface area contributed by atoms with E-state index in [1.54, 1.807) is 0 Å². The molecule has 0 saturated carbocycles. The van der Waals surface area contributed by atoms with Crippen LogP contribution in [0.15, 0.2) is 18.2 Å². The molecule has 1 aliphatic heterocycles. The average molecular weight is 187 g/mol. The third-order valence-electron chi connectivity index (χ3n) is 2.73. The minimum Gasteiger partial charge on any atom is -0.398 e. The van der Waals surface area contributed by atoms with E-state index in [1.165, 1.54) is 5.56 Å². The molecule has 0 aliphatic carbocycles. The van der Waals surface area contributed by atoms with E-state index in [9.17, 15) is 0 Å². The van der Waals surface area contributed by atoms with Crippen LogP contribution in [-0.4, -0.2) is 13.1 Å². The van der Waals surface area contributed by atoms with E-state index >= 15 is 0 Å². The molecule has 3 N–H and O–H groups in total. The molecule has 0 unspecified atom stereocenters. The Bertz CT molecular complexity index is 373. The lowest BCUT2D eigenvalue weighted by atomic mass is 9.96.